The summed E-state index contributed by atoms with van der Waals surface area (Å²) in [5.74, 6) is 1.72. The number of aromatic nitrogens is 3. The Balaban J connectivity index is 1.83. The molecule has 0 aromatic carbocycles. The minimum atomic E-state index is 0.122. The molecule has 17 heavy (non-hydrogen) atoms. The highest BCUT2D eigenvalue weighted by Gasteiger charge is 2.16. The van der Waals surface area contributed by atoms with Crippen LogP contribution in [0, 0.1) is 5.92 Å². The van der Waals surface area contributed by atoms with Gasteiger partial charge >= 0.3 is 0 Å². The molecule has 0 amide bonds. The Labute approximate surface area is 104 Å². The van der Waals surface area contributed by atoms with E-state index in [2.05, 4.69) is 36.2 Å². The summed E-state index contributed by atoms with van der Waals surface area (Å²) in [6.45, 7) is 8.26. The van der Waals surface area contributed by atoms with E-state index in [9.17, 15) is 0 Å². The summed E-state index contributed by atoms with van der Waals surface area (Å²) in [6.07, 6.45) is 7.36. The van der Waals surface area contributed by atoms with Crippen LogP contribution in [0.2, 0.25) is 0 Å². The standard InChI is InChI=1S/C13H24N4/c1-13(2,3)15-8-12-14-10-17(16-12)9-11-6-4-5-7-11/h10-11,15H,4-9H2,1-3H3. The zero-order chi connectivity index (χ0) is 12.3. The first-order valence-electron chi connectivity index (χ1n) is 6.66. The lowest BCUT2D eigenvalue weighted by Crippen LogP contribution is -2.35. The molecule has 4 heteroatoms. The number of nitrogens with one attached hydrogen (secondary N) is 1. The van der Waals surface area contributed by atoms with Gasteiger partial charge in [0.1, 0.15) is 6.33 Å². The van der Waals surface area contributed by atoms with Crippen LogP contribution >= 0.6 is 0 Å². The molecule has 0 bridgehead atoms. The molecule has 1 aliphatic rings. The van der Waals surface area contributed by atoms with Crippen molar-refractivity contribution in [3.05, 3.63) is 12.2 Å². The minimum Gasteiger partial charge on any atom is -0.305 e. The van der Waals surface area contributed by atoms with E-state index in [1.165, 1.54) is 25.7 Å². The Morgan fingerprint density at radius 3 is 2.71 bits per heavy atom. The third-order valence-electron chi connectivity index (χ3n) is 3.28. The zero-order valence-electron chi connectivity index (χ0n) is 11.2. The van der Waals surface area contributed by atoms with Gasteiger partial charge in [-0.25, -0.2) is 4.98 Å². The molecule has 0 atom stereocenters. The van der Waals surface area contributed by atoms with E-state index in [-0.39, 0.29) is 5.54 Å². The van der Waals surface area contributed by atoms with Crippen molar-refractivity contribution >= 4 is 0 Å². The van der Waals surface area contributed by atoms with Gasteiger partial charge < -0.3 is 5.32 Å². The van der Waals surface area contributed by atoms with Crippen LogP contribution in [0.4, 0.5) is 0 Å². The van der Waals surface area contributed by atoms with Crippen LogP contribution in [0.5, 0.6) is 0 Å². The highest BCUT2D eigenvalue weighted by molar-refractivity contribution is 4.84. The van der Waals surface area contributed by atoms with Crippen LogP contribution in [-0.4, -0.2) is 20.3 Å². The van der Waals surface area contributed by atoms with E-state index >= 15 is 0 Å². The van der Waals surface area contributed by atoms with Crippen LogP contribution in [0.15, 0.2) is 6.33 Å². The van der Waals surface area contributed by atoms with Gasteiger partial charge in [0.05, 0.1) is 6.54 Å². The summed E-state index contributed by atoms with van der Waals surface area (Å²) < 4.78 is 2.01. The van der Waals surface area contributed by atoms with Gasteiger partial charge in [0.15, 0.2) is 5.82 Å². The maximum atomic E-state index is 4.52. The fourth-order valence-electron chi connectivity index (χ4n) is 2.30. The summed E-state index contributed by atoms with van der Waals surface area (Å²) in [6, 6.07) is 0. The van der Waals surface area contributed by atoms with Crippen molar-refractivity contribution in [1.82, 2.24) is 20.1 Å². The fraction of sp³-hybridized carbons (Fsp3) is 0.846. The van der Waals surface area contributed by atoms with Crippen LogP contribution < -0.4 is 5.32 Å². The third-order valence-corrected chi connectivity index (χ3v) is 3.28. The second kappa shape index (κ2) is 5.17. The summed E-state index contributed by atoms with van der Waals surface area (Å²) in [7, 11) is 0. The maximum absolute atomic E-state index is 4.52. The Morgan fingerprint density at radius 1 is 1.35 bits per heavy atom. The molecule has 96 valence electrons. The summed E-state index contributed by atoms with van der Waals surface area (Å²) in [5.41, 5.74) is 0.122. The van der Waals surface area contributed by atoms with Crippen LogP contribution in [-0.2, 0) is 13.1 Å². The van der Waals surface area contributed by atoms with Crippen LogP contribution in [0.25, 0.3) is 0 Å². The summed E-state index contributed by atoms with van der Waals surface area (Å²) in [4.78, 5) is 4.35. The van der Waals surface area contributed by atoms with Crippen molar-refractivity contribution in [2.45, 2.75) is 65.1 Å². The molecular formula is C13H24N4. The molecule has 1 aromatic rings. The first-order valence-corrected chi connectivity index (χ1v) is 6.66. The van der Waals surface area contributed by atoms with Gasteiger partial charge in [-0.15, -0.1) is 0 Å². The Bertz CT molecular complexity index is 345. The molecule has 0 saturated heterocycles. The van der Waals surface area contributed by atoms with Crippen LogP contribution in [0.3, 0.4) is 0 Å². The Hall–Kier alpha value is -0.900. The lowest BCUT2D eigenvalue weighted by atomic mass is 10.1. The first kappa shape index (κ1) is 12.6. The SMILES string of the molecule is CC(C)(C)NCc1ncn(CC2CCCC2)n1. The molecule has 1 aromatic heterocycles. The molecule has 1 aliphatic carbocycles. The minimum absolute atomic E-state index is 0.122. The number of rotatable bonds is 4. The van der Waals surface area contributed by atoms with Crippen molar-refractivity contribution in [2.24, 2.45) is 5.92 Å². The fourth-order valence-corrected chi connectivity index (χ4v) is 2.30. The average molecular weight is 236 g/mol. The largest absolute Gasteiger partial charge is 0.305 e. The van der Waals surface area contributed by atoms with Crippen molar-refractivity contribution in [3.63, 3.8) is 0 Å². The van der Waals surface area contributed by atoms with E-state index < -0.39 is 0 Å². The topological polar surface area (TPSA) is 42.7 Å². The number of hydrogen-bond donors (Lipinski definition) is 1. The first-order chi connectivity index (χ1) is 8.03. The molecule has 1 saturated carbocycles. The van der Waals surface area contributed by atoms with Crippen molar-refractivity contribution in [2.75, 3.05) is 0 Å². The molecule has 2 rings (SSSR count). The van der Waals surface area contributed by atoms with Crippen molar-refractivity contribution in [3.8, 4) is 0 Å². The van der Waals surface area contributed by atoms with E-state index in [0.717, 1.165) is 24.8 Å². The van der Waals surface area contributed by atoms with Gasteiger partial charge in [0.2, 0.25) is 0 Å². The van der Waals surface area contributed by atoms with E-state index in [4.69, 9.17) is 0 Å². The van der Waals surface area contributed by atoms with Gasteiger partial charge in [-0.1, -0.05) is 12.8 Å². The lowest BCUT2D eigenvalue weighted by Gasteiger charge is -2.19. The van der Waals surface area contributed by atoms with Gasteiger partial charge in [0.25, 0.3) is 0 Å². The molecule has 1 fully saturated rings. The Morgan fingerprint density at radius 2 is 2.06 bits per heavy atom. The van der Waals surface area contributed by atoms with Gasteiger partial charge in [-0.05, 0) is 39.5 Å². The Kier molecular flexibility index (Phi) is 3.82. The maximum Gasteiger partial charge on any atom is 0.164 e. The van der Waals surface area contributed by atoms with E-state index in [1.807, 2.05) is 11.0 Å². The molecule has 1 N–H and O–H groups in total. The molecule has 0 radical (unpaired) electrons. The average Bonchev–Trinajstić information content (AvgIpc) is 2.86. The molecule has 4 nitrogen and oxygen atoms in total. The van der Waals surface area contributed by atoms with Crippen LogP contribution in [0.1, 0.15) is 52.3 Å². The summed E-state index contributed by atoms with van der Waals surface area (Å²) >= 11 is 0. The molecule has 0 aliphatic heterocycles. The highest BCUT2D eigenvalue weighted by Crippen LogP contribution is 2.25. The van der Waals surface area contributed by atoms with Gasteiger partial charge in [-0.3, -0.25) is 4.68 Å². The highest BCUT2D eigenvalue weighted by atomic mass is 15.3. The van der Waals surface area contributed by atoms with Crippen molar-refractivity contribution < 1.29 is 0 Å². The zero-order valence-corrected chi connectivity index (χ0v) is 11.2. The van der Waals surface area contributed by atoms with E-state index in [0.29, 0.717) is 0 Å². The monoisotopic (exact) mass is 236 g/mol. The second-order valence-electron chi connectivity index (χ2n) is 6.14. The smallest absolute Gasteiger partial charge is 0.164 e. The normalized spacial score (nSPS) is 17.8. The van der Waals surface area contributed by atoms with Gasteiger partial charge in [-0.2, -0.15) is 5.10 Å². The van der Waals surface area contributed by atoms with Crippen molar-refractivity contribution in [1.29, 1.82) is 0 Å². The predicted octanol–water partition coefficient (Wildman–Crippen LogP) is 2.36. The number of hydrogen-bond acceptors (Lipinski definition) is 3. The second-order valence-corrected chi connectivity index (χ2v) is 6.14. The van der Waals surface area contributed by atoms with E-state index in [1.54, 1.807) is 0 Å². The quantitative estimate of drug-likeness (QED) is 0.872. The molecule has 0 spiro atoms. The lowest BCUT2D eigenvalue weighted by molar-refractivity contribution is 0.407. The molecule has 1 heterocycles. The van der Waals surface area contributed by atoms with Gasteiger partial charge in [0, 0.05) is 12.1 Å². The number of nitrogens with zero attached hydrogens (tertiary/aromatic N) is 3. The molecule has 0 unspecified atom stereocenters. The molecular weight excluding hydrogens is 212 g/mol. The predicted molar refractivity (Wildman–Crippen MR) is 68.6 cm³/mol. The summed E-state index contributed by atoms with van der Waals surface area (Å²) in [5, 5.41) is 7.93. The third kappa shape index (κ3) is 4.11.